The highest BCUT2D eigenvalue weighted by Gasteiger charge is 2.13. The third-order valence-corrected chi connectivity index (χ3v) is 4.81. The minimum absolute atomic E-state index is 0.0939. The van der Waals surface area contributed by atoms with Crippen LogP contribution in [-0.2, 0) is 11.3 Å². The quantitative estimate of drug-likeness (QED) is 0.612. The van der Waals surface area contributed by atoms with Crippen molar-refractivity contribution in [3.05, 3.63) is 95.0 Å². The van der Waals surface area contributed by atoms with E-state index < -0.39 is 0 Å². The van der Waals surface area contributed by atoms with Crippen LogP contribution in [0, 0.1) is 0 Å². The summed E-state index contributed by atoms with van der Waals surface area (Å²) in [4.78, 5) is 26.4. The van der Waals surface area contributed by atoms with Gasteiger partial charge >= 0.3 is 0 Å². The third-order valence-electron chi connectivity index (χ3n) is 4.44. The first-order chi connectivity index (χ1) is 14.0. The molecule has 5 nitrogen and oxygen atoms in total. The molecule has 0 fully saturated rings. The Morgan fingerprint density at radius 2 is 1.66 bits per heavy atom. The Labute approximate surface area is 175 Å². The van der Waals surface area contributed by atoms with Crippen LogP contribution in [0.15, 0.2) is 78.9 Å². The maximum Gasteiger partial charge on any atom is 0.258 e. The van der Waals surface area contributed by atoms with E-state index in [1.165, 1.54) is 0 Å². The third kappa shape index (κ3) is 5.59. The molecule has 29 heavy (non-hydrogen) atoms. The zero-order valence-electron chi connectivity index (χ0n) is 16.1. The van der Waals surface area contributed by atoms with Crippen molar-refractivity contribution in [1.29, 1.82) is 0 Å². The van der Waals surface area contributed by atoms with Crippen LogP contribution in [0.2, 0.25) is 5.02 Å². The highest BCUT2D eigenvalue weighted by Crippen LogP contribution is 2.17. The first kappa shape index (κ1) is 20.4. The molecular weight excluding hydrogens is 386 g/mol. The van der Waals surface area contributed by atoms with Gasteiger partial charge < -0.3 is 15.5 Å². The Morgan fingerprint density at radius 3 is 2.41 bits per heavy atom. The molecule has 2 N–H and O–H groups in total. The van der Waals surface area contributed by atoms with Gasteiger partial charge in [0.15, 0.2) is 0 Å². The van der Waals surface area contributed by atoms with Gasteiger partial charge in [-0.25, -0.2) is 0 Å². The number of benzene rings is 3. The smallest absolute Gasteiger partial charge is 0.258 e. The molecule has 3 aromatic carbocycles. The Bertz CT molecular complexity index is 992. The number of carbonyl (C=O) groups is 2. The van der Waals surface area contributed by atoms with E-state index in [0.29, 0.717) is 22.8 Å². The Balaban J connectivity index is 1.56. The number of amides is 2. The molecule has 6 heteroatoms. The minimum Gasteiger partial charge on any atom is -0.376 e. The zero-order valence-corrected chi connectivity index (χ0v) is 16.8. The van der Waals surface area contributed by atoms with Gasteiger partial charge in [0.25, 0.3) is 5.91 Å². The van der Waals surface area contributed by atoms with Gasteiger partial charge in [0.05, 0.1) is 6.54 Å². The second-order valence-corrected chi connectivity index (χ2v) is 6.91. The fourth-order valence-electron chi connectivity index (χ4n) is 2.81. The van der Waals surface area contributed by atoms with Crippen molar-refractivity contribution in [2.45, 2.75) is 6.54 Å². The van der Waals surface area contributed by atoms with Gasteiger partial charge in [-0.05, 0) is 42.0 Å². The highest BCUT2D eigenvalue weighted by molar-refractivity contribution is 6.31. The van der Waals surface area contributed by atoms with Crippen LogP contribution in [0.4, 0.5) is 11.4 Å². The van der Waals surface area contributed by atoms with Crippen molar-refractivity contribution in [2.24, 2.45) is 0 Å². The largest absolute Gasteiger partial charge is 0.376 e. The Kier molecular flexibility index (Phi) is 6.87. The number of hydrogen-bond acceptors (Lipinski definition) is 3. The number of rotatable bonds is 7. The predicted molar refractivity (Wildman–Crippen MR) is 117 cm³/mol. The molecule has 0 aliphatic rings. The van der Waals surface area contributed by atoms with Gasteiger partial charge in [-0.3, -0.25) is 9.59 Å². The van der Waals surface area contributed by atoms with Crippen molar-refractivity contribution < 1.29 is 9.59 Å². The zero-order chi connectivity index (χ0) is 20.6. The normalized spacial score (nSPS) is 10.3. The second-order valence-electron chi connectivity index (χ2n) is 6.50. The molecule has 0 heterocycles. The van der Waals surface area contributed by atoms with Crippen molar-refractivity contribution in [1.82, 2.24) is 5.32 Å². The Morgan fingerprint density at radius 1 is 0.931 bits per heavy atom. The fourth-order valence-corrected chi connectivity index (χ4v) is 3.01. The lowest BCUT2D eigenvalue weighted by Crippen LogP contribution is -2.29. The molecule has 2 amide bonds. The monoisotopic (exact) mass is 407 g/mol. The number of carbonyl (C=O) groups excluding carboxylic acids is 2. The first-order valence-electron chi connectivity index (χ1n) is 9.22. The van der Waals surface area contributed by atoms with Crippen LogP contribution in [0.5, 0.6) is 0 Å². The summed E-state index contributed by atoms with van der Waals surface area (Å²) in [6.45, 7) is 0.456. The fraction of sp³-hybridized carbons (Fsp3) is 0.130. The van der Waals surface area contributed by atoms with E-state index in [0.717, 1.165) is 11.3 Å². The number of nitrogens with zero attached hydrogens (tertiary/aromatic N) is 1. The maximum atomic E-state index is 12.7. The summed E-state index contributed by atoms with van der Waals surface area (Å²) in [6, 6.07) is 23.9. The maximum absolute atomic E-state index is 12.7. The molecule has 0 atom stereocenters. The van der Waals surface area contributed by atoms with Crippen molar-refractivity contribution in [2.75, 3.05) is 23.8 Å². The molecule has 3 rings (SSSR count). The standard InChI is InChI=1S/C23H22ClN3O2/c1-27(20-11-3-2-4-12-20)23(29)17-9-7-10-19(14-17)25-16-22(28)26-15-18-8-5-6-13-21(18)24/h2-14,25H,15-16H2,1H3,(H,26,28). The molecule has 0 aromatic heterocycles. The molecule has 0 saturated heterocycles. The number of para-hydroxylation sites is 1. The van der Waals surface area contributed by atoms with Gasteiger partial charge in [0.2, 0.25) is 5.91 Å². The first-order valence-corrected chi connectivity index (χ1v) is 9.59. The molecule has 0 radical (unpaired) electrons. The molecule has 0 aliphatic carbocycles. The number of hydrogen-bond donors (Lipinski definition) is 2. The molecule has 0 bridgehead atoms. The van der Waals surface area contributed by atoms with Gasteiger partial charge in [-0.15, -0.1) is 0 Å². The van der Waals surface area contributed by atoms with Crippen LogP contribution in [0.3, 0.4) is 0 Å². The summed E-state index contributed by atoms with van der Waals surface area (Å²) < 4.78 is 0. The average molecular weight is 408 g/mol. The van der Waals surface area contributed by atoms with E-state index in [9.17, 15) is 9.59 Å². The van der Waals surface area contributed by atoms with E-state index >= 15 is 0 Å². The number of anilines is 2. The summed E-state index contributed by atoms with van der Waals surface area (Å²) in [6.07, 6.45) is 0. The number of halogens is 1. The Hall–Kier alpha value is -3.31. The summed E-state index contributed by atoms with van der Waals surface area (Å²) in [5, 5.41) is 6.50. The van der Waals surface area contributed by atoms with Crippen molar-refractivity contribution in [3.63, 3.8) is 0 Å². The molecule has 0 spiro atoms. The molecule has 0 saturated carbocycles. The van der Waals surface area contributed by atoms with E-state index in [2.05, 4.69) is 10.6 Å². The van der Waals surface area contributed by atoms with E-state index in [4.69, 9.17) is 11.6 Å². The van der Waals surface area contributed by atoms with Gasteiger partial charge in [-0.2, -0.15) is 0 Å². The van der Waals surface area contributed by atoms with E-state index in [1.807, 2.05) is 54.6 Å². The van der Waals surface area contributed by atoms with E-state index in [-0.39, 0.29) is 18.4 Å². The van der Waals surface area contributed by atoms with Crippen molar-refractivity contribution >= 4 is 34.8 Å². The lowest BCUT2D eigenvalue weighted by Gasteiger charge is -2.18. The summed E-state index contributed by atoms with van der Waals surface area (Å²) in [5.41, 5.74) is 2.91. The van der Waals surface area contributed by atoms with Gasteiger partial charge in [0.1, 0.15) is 0 Å². The lowest BCUT2D eigenvalue weighted by atomic mass is 10.1. The van der Waals surface area contributed by atoms with Crippen LogP contribution >= 0.6 is 11.6 Å². The molecule has 148 valence electrons. The lowest BCUT2D eigenvalue weighted by molar-refractivity contribution is -0.119. The molecule has 3 aromatic rings. The number of nitrogens with one attached hydrogen (secondary N) is 2. The second kappa shape index (κ2) is 9.75. The average Bonchev–Trinajstić information content (AvgIpc) is 2.77. The van der Waals surface area contributed by atoms with Gasteiger partial charge in [-0.1, -0.05) is 54.1 Å². The SMILES string of the molecule is CN(C(=O)c1cccc(NCC(=O)NCc2ccccc2Cl)c1)c1ccccc1. The highest BCUT2D eigenvalue weighted by atomic mass is 35.5. The van der Waals surface area contributed by atoms with Crippen LogP contribution < -0.4 is 15.5 Å². The summed E-state index contributed by atoms with van der Waals surface area (Å²) in [5.74, 6) is -0.286. The topological polar surface area (TPSA) is 61.4 Å². The van der Waals surface area contributed by atoms with Crippen LogP contribution in [-0.4, -0.2) is 25.4 Å². The predicted octanol–water partition coefficient (Wildman–Crippen LogP) is 4.34. The molecule has 0 unspecified atom stereocenters. The van der Waals surface area contributed by atoms with Gasteiger partial charge in [0, 0.05) is 35.6 Å². The van der Waals surface area contributed by atoms with Crippen LogP contribution in [0.25, 0.3) is 0 Å². The van der Waals surface area contributed by atoms with E-state index in [1.54, 1.807) is 36.2 Å². The minimum atomic E-state index is -0.164. The summed E-state index contributed by atoms with van der Waals surface area (Å²) in [7, 11) is 1.74. The van der Waals surface area contributed by atoms with Crippen LogP contribution in [0.1, 0.15) is 15.9 Å². The molecule has 0 aliphatic heterocycles. The molecular formula is C23H22ClN3O2. The van der Waals surface area contributed by atoms with Crippen molar-refractivity contribution in [3.8, 4) is 0 Å². The summed E-state index contributed by atoms with van der Waals surface area (Å²) >= 11 is 6.09.